The van der Waals surface area contributed by atoms with E-state index >= 15 is 0 Å². The molecule has 1 N–H and O–H groups in total. The van der Waals surface area contributed by atoms with Crippen LogP contribution in [0.3, 0.4) is 0 Å². The molecule has 1 spiro atoms. The quantitative estimate of drug-likeness (QED) is 0.885. The van der Waals surface area contributed by atoms with E-state index in [0.717, 1.165) is 12.5 Å². The van der Waals surface area contributed by atoms with Crippen LogP contribution < -0.4 is 5.32 Å². The second-order valence-electron chi connectivity index (χ2n) is 6.91. The lowest BCUT2D eigenvalue weighted by molar-refractivity contribution is -0.0979. The molecule has 0 amide bonds. The Hall–Kier alpha value is -0.860. The summed E-state index contributed by atoms with van der Waals surface area (Å²) in [5.41, 5.74) is 1.70. The van der Waals surface area contributed by atoms with Crippen molar-refractivity contribution in [3.8, 4) is 0 Å². The molecule has 2 nitrogen and oxygen atoms in total. The number of aryl methyl sites for hydroxylation is 1. The highest BCUT2D eigenvalue weighted by Crippen LogP contribution is 2.43. The maximum atomic E-state index is 6.19. The van der Waals surface area contributed by atoms with Crippen molar-refractivity contribution in [2.45, 2.75) is 63.0 Å². The first kappa shape index (κ1) is 15.1. The zero-order chi connectivity index (χ0) is 14.5. The van der Waals surface area contributed by atoms with Gasteiger partial charge in [0.25, 0.3) is 0 Å². The van der Waals surface area contributed by atoms with Gasteiger partial charge in [0.2, 0.25) is 0 Å². The minimum absolute atomic E-state index is 0.241. The van der Waals surface area contributed by atoms with Gasteiger partial charge in [-0.25, -0.2) is 0 Å². The highest BCUT2D eigenvalue weighted by atomic mass is 16.5. The Morgan fingerprint density at radius 1 is 1.24 bits per heavy atom. The predicted octanol–water partition coefficient (Wildman–Crippen LogP) is 3.95. The standard InChI is InChI=1S/C19H29NO/c1-20-18(10-9-16-7-3-2-4-8-16)17-11-14-21-19(15-17)12-5-6-13-19/h2-4,7-8,17-18,20H,5-6,9-15H2,1H3. The monoisotopic (exact) mass is 287 g/mol. The second kappa shape index (κ2) is 6.93. The van der Waals surface area contributed by atoms with Crippen molar-refractivity contribution in [1.82, 2.24) is 5.32 Å². The summed E-state index contributed by atoms with van der Waals surface area (Å²) in [6.45, 7) is 0.966. The fourth-order valence-electron chi connectivity index (χ4n) is 4.36. The Morgan fingerprint density at radius 2 is 2.00 bits per heavy atom. The van der Waals surface area contributed by atoms with Crippen molar-refractivity contribution in [3.05, 3.63) is 35.9 Å². The maximum absolute atomic E-state index is 6.19. The lowest BCUT2D eigenvalue weighted by atomic mass is 9.79. The van der Waals surface area contributed by atoms with E-state index in [1.165, 1.54) is 56.9 Å². The molecule has 0 aromatic heterocycles. The zero-order valence-electron chi connectivity index (χ0n) is 13.3. The summed E-state index contributed by atoms with van der Waals surface area (Å²) in [6, 6.07) is 11.5. The van der Waals surface area contributed by atoms with Crippen molar-refractivity contribution in [2.75, 3.05) is 13.7 Å². The number of benzene rings is 1. The average Bonchev–Trinajstić information content (AvgIpc) is 2.97. The van der Waals surface area contributed by atoms with E-state index in [1.807, 2.05) is 0 Å². The Kier molecular flexibility index (Phi) is 4.97. The van der Waals surface area contributed by atoms with Crippen LogP contribution in [0.2, 0.25) is 0 Å². The van der Waals surface area contributed by atoms with Gasteiger partial charge in [0.15, 0.2) is 0 Å². The van der Waals surface area contributed by atoms with Crippen LogP contribution in [0.15, 0.2) is 30.3 Å². The van der Waals surface area contributed by atoms with Crippen LogP contribution in [0.5, 0.6) is 0 Å². The summed E-state index contributed by atoms with van der Waals surface area (Å²) in [7, 11) is 2.13. The first-order valence-electron chi connectivity index (χ1n) is 8.66. The van der Waals surface area contributed by atoms with Crippen LogP contribution in [0.4, 0.5) is 0 Å². The van der Waals surface area contributed by atoms with E-state index in [2.05, 4.69) is 42.7 Å². The SMILES string of the molecule is CNC(CCc1ccccc1)C1CCOC2(CCCC2)C1. The molecular weight excluding hydrogens is 258 g/mol. The van der Waals surface area contributed by atoms with Gasteiger partial charge in [-0.05, 0) is 57.1 Å². The molecule has 2 heteroatoms. The fraction of sp³-hybridized carbons (Fsp3) is 0.684. The van der Waals surface area contributed by atoms with Crippen molar-refractivity contribution in [2.24, 2.45) is 5.92 Å². The third-order valence-electron chi connectivity index (χ3n) is 5.57. The van der Waals surface area contributed by atoms with E-state index < -0.39 is 0 Å². The minimum Gasteiger partial charge on any atom is -0.375 e. The molecule has 1 saturated heterocycles. The topological polar surface area (TPSA) is 21.3 Å². The molecular formula is C19H29NO. The molecule has 2 unspecified atom stereocenters. The lowest BCUT2D eigenvalue weighted by Crippen LogP contribution is -2.45. The van der Waals surface area contributed by atoms with Gasteiger partial charge < -0.3 is 10.1 Å². The van der Waals surface area contributed by atoms with E-state index in [1.54, 1.807) is 0 Å². The van der Waals surface area contributed by atoms with E-state index in [9.17, 15) is 0 Å². The molecule has 1 aliphatic heterocycles. The Morgan fingerprint density at radius 3 is 2.71 bits per heavy atom. The first-order chi connectivity index (χ1) is 10.3. The predicted molar refractivity (Wildman–Crippen MR) is 87.5 cm³/mol. The molecule has 1 saturated carbocycles. The van der Waals surface area contributed by atoms with Crippen molar-refractivity contribution < 1.29 is 4.74 Å². The van der Waals surface area contributed by atoms with Gasteiger partial charge in [-0.2, -0.15) is 0 Å². The third-order valence-corrected chi connectivity index (χ3v) is 5.57. The second-order valence-corrected chi connectivity index (χ2v) is 6.91. The van der Waals surface area contributed by atoms with Crippen molar-refractivity contribution in [3.63, 3.8) is 0 Å². The van der Waals surface area contributed by atoms with E-state index in [0.29, 0.717) is 6.04 Å². The highest BCUT2D eigenvalue weighted by Gasteiger charge is 2.41. The Balaban J connectivity index is 1.57. The van der Waals surface area contributed by atoms with E-state index in [-0.39, 0.29) is 5.60 Å². The van der Waals surface area contributed by atoms with Crippen LogP contribution in [0.1, 0.15) is 50.5 Å². The molecule has 1 heterocycles. The maximum Gasteiger partial charge on any atom is 0.0685 e. The summed E-state index contributed by atoms with van der Waals surface area (Å²) in [4.78, 5) is 0. The van der Waals surface area contributed by atoms with Crippen LogP contribution in [-0.4, -0.2) is 25.3 Å². The molecule has 3 rings (SSSR count). The van der Waals surface area contributed by atoms with Gasteiger partial charge in [-0.1, -0.05) is 43.2 Å². The number of ether oxygens (including phenoxy) is 1. The van der Waals surface area contributed by atoms with Crippen LogP contribution in [-0.2, 0) is 11.2 Å². The van der Waals surface area contributed by atoms with Gasteiger partial charge in [-0.15, -0.1) is 0 Å². The first-order valence-corrected chi connectivity index (χ1v) is 8.66. The molecule has 0 radical (unpaired) electrons. The van der Waals surface area contributed by atoms with Gasteiger partial charge in [0.05, 0.1) is 5.60 Å². The normalized spacial score (nSPS) is 26.0. The summed E-state index contributed by atoms with van der Waals surface area (Å²) < 4.78 is 6.19. The van der Waals surface area contributed by atoms with E-state index in [4.69, 9.17) is 4.74 Å². The Labute approximate surface area is 129 Å². The molecule has 1 aromatic rings. The van der Waals surface area contributed by atoms with Crippen molar-refractivity contribution >= 4 is 0 Å². The molecule has 2 atom stereocenters. The fourth-order valence-corrected chi connectivity index (χ4v) is 4.36. The lowest BCUT2D eigenvalue weighted by Gasteiger charge is -2.41. The molecule has 0 bridgehead atoms. The molecule has 2 aliphatic rings. The third kappa shape index (κ3) is 3.67. The van der Waals surface area contributed by atoms with Crippen molar-refractivity contribution in [1.29, 1.82) is 0 Å². The zero-order valence-corrected chi connectivity index (χ0v) is 13.3. The summed E-state index contributed by atoms with van der Waals surface area (Å²) in [6.07, 6.45) is 10.2. The average molecular weight is 287 g/mol. The number of rotatable bonds is 5. The van der Waals surface area contributed by atoms with Crippen LogP contribution in [0, 0.1) is 5.92 Å². The van der Waals surface area contributed by atoms with Gasteiger partial charge in [0, 0.05) is 12.6 Å². The smallest absolute Gasteiger partial charge is 0.0685 e. The Bertz CT molecular complexity index is 424. The molecule has 1 aliphatic carbocycles. The summed E-state index contributed by atoms with van der Waals surface area (Å²) in [5, 5.41) is 3.59. The summed E-state index contributed by atoms with van der Waals surface area (Å²) in [5.74, 6) is 0.783. The van der Waals surface area contributed by atoms with Gasteiger partial charge >= 0.3 is 0 Å². The minimum atomic E-state index is 0.241. The van der Waals surface area contributed by atoms with Crippen LogP contribution in [0.25, 0.3) is 0 Å². The number of hydrogen-bond acceptors (Lipinski definition) is 2. The summed E-state index contributed by atoms with van der Waals surface area (Å²) >= 11 is 0. The highest BCUT2D eigenvalue weighted by molar-refractivity contribution is 5.15. The molecule has 21 heavy (non-hydrogen) atoms. The number of hydrogen-bond donors (Lipinski definition) is 1. The molecule has 116 valence electrons. The number of nitrogens with one attached hydrogen (secondary N) is 1. The van der Waals surface area contributed by atoms with Gasteiger partial charge in [-0.3, -0.25) is 0 Å². The molecule has 2 fully saturated rings. The van der Waals surface area contributed by atoms with Gasteiger partial charge in [0.1, 0.15) is 0 Å². The van der Waals surface area contributed by atoms with Crippen LogP contribution >= 0.6 is 0 Å². The largest absolute Gasteiger partial charge is 0.375 e. The molecule has 1 aromatic carbocycles.